The smallest absolute Gasteiger partial charge is 0.224 e. The van der Waals surface area contributed by atoms with Gasteiger partial charge >= 0.3 is 0 Å². The van der Waals surface area contributed by atoms with Crippen LogP contribution in [-0.2, 0) is 11.2 Å². The molecule has 0 saturated carbocycles. The number of nitrogens with one attached hydrogen (secondary N) is 3. The number of aryl methyl sites for hydroxylation is 1. The number of benzene rings is 2. The minimum Gasteiger partial charge on any atom is -0.363 e. The van der Waals surface area contributed by atoms with Gasteiger partial charge in [0.05, 0.1) is 0 Å². The van der Waals surface area contributed by atoms with Crippen molar-refractivity contribution in [3.8, 4) is 0 Å². The molecule has 6 heteroatoms. The van der Waals surface area contributed by atoms with Gasteiger partial charge in [-0.2, -0.15) is 4.98 Å². The van der Waals surface area contributed by atoms with Crippen molar-refractivity contribution in [2.24, 2.45) is 0 Å². The van der Waals surface area contributed by atoms with E-state index in [9.17, 15) is 4.79 Å². The van der Waals surface area contributed by atoms with Crippen LogP contribution in [0.5, 0.6) is 0 Å². The largest absolute Gasteiger partial charge is 0.363 e. The monoisotopic (exact) mass is 389 g/mol. The quantitative estimate of drug-likeness (QED) is 0.526. The van der Waals surface area contributed by atoms with Crippen LogP contribution in [0.3, 0.4) is 0 Å². The molecule has 0 aliphatic heterocycles. The molecule has 29 heavy (non-hydrogen) atoms. The fraction of sp³-hybridized carbons (Fsp3) is 0.261. The molecule has 0 saturated heterocycles. The zero-order valence-electron chi connectivity index (χ0n) is 17.1. The van der Waals surface area contributed by atoms with Gasteiger partial charge in [-0.05, 0) is 43.5 Å². The summed E-state index contributed by atoms with van der Waals surface area (Å²) in [5, 5.41) is 9.55. The van der Waals surface area contributed by atoms with Crippen molar-refractivity contribution < 1.29 is 4.79 Å². The van der Waals surface area contributed by atoms with Crippen molar-refractivity contribution in [1.29, 1.82) is 0 Å². The molecular formula is C23H27N5O. The van der Waals surface area contributed by atoms with Gasteiger partial charge in [0.15, 0.2) is 0 Å². The normalized spacial score (nSPS) is 11.6. The Kier molecular flexibility index (Phi) is 6.79. The molecule has 0 unspecified atom stereocenters. The van der Waals surface area contributed by atoms with Gasteiger partial charge in [0, 0.05) is 37.0 Å². The number of hydrogen-bond acceptors (Lipinski definition) is 5. The molecule has 1 heterocycles. The zero-order valence-corrected chi connectivity index (χ0v) is 17.1. The van der Waals surface area contributed by atoms with E-state index in [0.29, 0.717) is 12.5 Å². The number of nitrogens with zero attached hydrogens (tertiary/aromatic N) is 2. The summed E-state index contributed by atoms with van der Waals surface area (Å²) >= 11 is 0. The molecular weight excluding hydrogens is 362 g/mol. The van der Waals surface area contributed by atoms with E-state index < -0.39 is 0 Å². The number of aromatic nitrogens is 2. The van der Waals surface area contributed by atoms with Crippen LogP contribution in [0.4, 0.5) is 17.5 Å². The molecule has 0 aliphatic rings. The van der Waals surface area contributed by atoms with Crippen LogP contribution in [0.15, 0.2) is 60.7 Å². The average Bonchev–Trinajstić information content (AvgIpc) is 2.68. The number of amides is 1. The van der Waals surface area contributed by atoms with Gasteiger partial charge in [-0.3, -0.25) is 4.79 Å². The third-order valence-corrected chi connectivity index (χ3v) is 4.46. The Labute approximate surface area is 171 Å². The highest BCUT2D eigenvalue weighted by Crippen LogP contribution is 2.19. The summed E-state index contributed by atoms with van der Waals surface area (Å²) in [5.41, 5.74) is 4.05. The number of hydrogen-bond donors (Lipinski definition) is 3. The van der Waals surface area contributed by atoms with E-state index in [-0.39, 0.29) is 11.9 Å². The van der Waals surface area contributed by atoms with Crippen molar-refractivity contribution >= 4 is 23.4 Å². The Morgan fingerprint density at radius 2 is 1.83 bits per heavy atom. The number of rotatable bonds is 8. The summed E-state index contributed by atoms with van der Waals surface area (Å²) < 4.78 is 0. The summed E-state index contributed by atoms with van der Waals surface area (Å²) in [4.78, 5) is 20.3. The van der Waals surface area contributed by atoms with E-state index in [2.05, 4.69) is 45.0 Å². The SMILES string of the molecule is CC(=O)Nc1cccc(CCNc2nc(C)cc(N[C@@H](C)c3ccccc3)n2)c1. The first-order valence-electron chi connectivity index (χ1n) is 9.77. The van der Waals surface area contributed by atoms with Crippen LogP contribution in [-0.4, -0.2) is 22.4 Å². The second kappa shape index (κ2) is 9.68. The lowest BCUT2D eigenvalue weighted by molar-refractivity contribution is -0.114. The maximum atomic E-state index is 11.2. The van der Waals surface area contributed by atoms with E-state index >= 15 is 0 Å². The Morgan fingerprint density at radius 1 is 1.03 bits per heavy atom. The van der Waals surface area contributed by atoms with Gasteiger partial charge in [-0.1, -0.05) is 42.5 Å². The molecule has 3 N–H and O–H groups in total. The maximum absolute atomic E-state index is 11.2. The van der Waals surface area contributed by atoms with Gasteiger partial charge in [-0.15, -0.1) is 0 Å². The number of carbonyl (C=O) groups excluding carboxylic acids is 1. The summed E-state index contributed by atoms with van der Waals surface area (Å²) in [7, 11) is 0. The summed E-state index contributed by atoms with van der Waals surface area (Å²) in [6, 6.07) is 20.2. The molecule has 3 aromatic rings. The van der Waals surface area contributed by atoms with Gasteiger partial charge in [0.25, 0.3) is 0 Å². The fourth-order valence-corrected chi connectivity index (χ4v) is 3.09. The Bertz CT molecular complexity index is 958. The van der Waals surface area contributed by atoms with Crippen molar-refractivity contribution in [2.45, 2.75) is 33.2 Å². The van der Waals surface area contributed by atoms with Crippen LogP contribution in [0.1, 0.15) is 36.7 Å². The van der Waals surface area contributed by atoms with Crippen LogP contribution < -0.4 is 16.0 Å². The predicted molar refractivity (Wildman–Crippen MR) is 118 cm³/mol. The van der Waals surface area contributed by atoms with Crippen LogP contribution >= 0.6 is 0 Å². The molecule has 0 bridgehead atoms. The Morgan fingerprint density at radius 3 is 2.59 bits per heavy atom. The third kappa shape index (κ3) is 6.31. The molecule has 2 aromatic carbocycles. The molecule has 3 rings (SSSR count). The predicted octanol–water partition coefficient (Wildman–Crippen LogP) is 4.57. The van der Waals surface area contributed by atoms with Crippen molar-refractivity contribution in [2.75, 3.05) is 22.5 Å². The van der Waals surface area contributed by atoms with Gasteiger partial charge in [0.1, 0.15) is 5.82 Å². The van der Waals surface area contributed by atoms with Crippen molar-refractivity contribution in [3.05, 3.63) is 77.5 Å². The fourth-order valence-electron chi connectivity index (χ4n) is 3.09. The lowest BCUT2D eigenvalue weighted by Gasteiger charge is -2.16. The molecule has 1 amide bonds. The highest BCUT2D eigenvalue weighted by atomic mass is 16.1. The number of carbonyl (C=O) groups is 1. The summed E-state index contributed by atoms with van der Waals surface area (Å²) in [5.74, 6) is 1.33. The van der Waals surface area contributed by atoms with Crippen molar-refractivity contribution in [1.82, 2.24) is 9.97 Å². The van der Waals surface area contributed by atoms with E-state index in [4.69, 9.17) is 0 Å². The minimum atomic E-state index is -0.0711. The second-order valence-corrected chi connectivity index (χ2v) is 7.05. The lowest BCUT2D eigenvalue weighted by atomic mass is 10.1. The lowest BCUT2D eigenvalue weighted by Crippen LogP contribution is -2.12. The summed E-state index contributed by atoms with van der Waals surface area (Å²) in [6.07, 6.45) is 0.800. The van der Waals surface area contributed by atoms with Crippen LogP contribution in [0.2, 0.25) is 0 Å². The first-order valence-corrected chi connectivity index (χ1v) is 9.77. The summed E-state index contributed by atoms with van der Waals surface area (Å²) in [6.45, 7) is 6.28. The minimum absolute atomic E-state index is 0.0711. The maximum Gasteiger partial charge on any atom is 0.224 e. The molecule has 0 radical (unpaired) electrons. The van der Waals surface area contributed by atoms with Gasteiger partial charge in [0.2, 0.25) is 11.9 Å². The van der Waals surface area contributed by atoms with Crippen molar-refractivity contribution in [3.63, 3.8) is 0 Å². The molecule has 150 valence electrons. The second-order valence-electron chi connectivity index (χ2n) is 7.05. The Balaban J connectivity index is 1.59. The molecule has 0 fully saturated rings. The molecule has 1 atom stereocenters. The highest BCUT2D eigenvalue weighted by molar-refractivity contribution is 5.88. The van der Waals surface area contributed by atoms with E-state index in [0.717, 1.165) is 29.2 Å². The van der Waals surface area contributed by atoms with E-state index in [1.54, 1.807) is 0 Å². The molecule has 6 nitrogen and oxygen atoms in total. The first kappa shape index (κ1) is 20.3. The van der Waals surface area contributed by atoms with Crippen LogP contribution in [0.25, 0.3) is 0 Å². The van der Waals surface area contributed by atoms with Crippen LogP contribution in [0, 0.1) is 6.92 Å². The third-order valence-electron chi connectivity index (χ3n) is 4.46. The first-order chi connectivity index (χ1) is 14.0. The highest BCUT2D eigenvalue weighted by Gasteiger charge is 2.08. The van der Waals surface area contributed by atoms with E-state index in [1.807, 2.05) is 55.5 Å². The zero-order chi connectivity index (χ0) is 20.6. The Hall–Kier alpha value is -3.41. The molecule has 0 aliphatic carbocycles. The topological polar surface area (TPSA) is 78.9 Å². The molecule has 0 spiro atoms. The van der Waals surface area contributed by atoms with E-state index in [1.165, 1.54) is 12.5 Å². The molecule has 1 aromatic heterocycles. The number of anilines is 3. The van der Waals surface area contributed by atoms with Gasteiger partial charge < -0.3 is 16.0 Å². The average molecular weight is 390 g/mol. The van der Waals surface area contributed by atoms with Gasteiger partial charge in [-0.25, -0.2) is 4.98 Å². The standard InChI is InChI=1S/C23H27N5O/c1-16-14-22(26-17(2)20-9-5-4-6-10-20)28-23(25-16)24-13-12-19-8-7-11-21(15-19)27-18(3)29/h4-11,14-15,17H,12-13H2,1-3H3,(H,27,29)(H2,24,25,26,28)/t17-/m0/s1.